The van der Waals surface area contributed by atoms with Crippen LogP contribution < -0.4 is 19.5 Å². The second-order valence-corrected chi connectivity index (χ2v) is 5.96. The molecular weight excluding hydrogens is 318 g/mol. The number of fused-ring (bicyclic) bond motifs is 1. The number of benzene rings is 2. The van der Waals surface area contributed by atoms with Crippen LogP contribution >= 0.6 is 0 Å². The van der Waals surface area contributed by atoms with Gasteiger partial charge in [-0.15, -0.1) is 0 Å². The van der Waals surface area contributed by atoms with E-state index >= 15 is 0 Å². The van der Waals surface area contributed by atoms with E-state index < -0.39 is 0 Å². The van der Waals surface area contributed by atoms with Crippen molar-refractivity contribution >= 4 is 0 Å². The molecule has 2 aromatic rings. The molecule has 0 spiro atoms. The Morgan fingerprint density at radius 3 is 2.48 bits per heavy atom. The molecule has 1 atom stereocenters. The normalized spacial score (nSPS) is 16.2. The molecular formula is C20H25NO4. The average molecular weight is 343 g/mol. The van der Waals surface area contributed by atoms with Crippen molar-refractivity contribution < 1.29 is 18.9 Å². The van der Waals surface area contributed by atoms with E-state index in [9.17, 15) is 0 Å². The molecule has 2 aromatic carbocycles. The van der Waals surface area contributed by atoms with Gasteiger partial charge >= 0.3 is 0 Å². The fourth-order valence-corrected chi connectivity index (χ4v) is 3.21. The van der Waals surface area contributed by atoms with E-state index in [0.29, 0.717) is 18.0 Å². The highest BCUT2D eigenvalue weighted by atomic mass is 16.5. The molecule has 1 aliphatic rings. The highest BCUT2D eigenvalue weighted by Crippen LogP contribution is 2.34. The molecule has 0 aliphatic carbocycles. The standard InChI is InChI=1S/C20H25NO4/c1-22-17-11-19(24-3)18(23-2)10-15(17)12-21-13-20-16-7-5-4-6-14(16)8-9-25-20/h4-7,10-11,20-21H,8-9,12-13H2,1-3H3/t20-/m0/s1. The highest BCUT2D eigenvalue weighted by Gasteiger charge is 2.20. The van der Waals surface area contributed by atoms with Gasteiger partial charge in [-0.25, -0.2) is 0 Å². The Morgan fingerprint density at radius 2 is 1.72 bits per heavy atom. The molecule has 0 saturated carbocycles. The molecule has 1 aliphatic heterocycles. The van der Waals surface area contributed by atoms with Crippen molar-refractivity contribution in [2.45, 2.75) is 19.1 Å². The highest BCUT2D eigenvalue weighted by molar-refractivity contribution is 5.50. The molecule has 1 heterocycles. The summed E-state index contributed by atoms with van der Waals surface area (Å²) < 4.78 is 22.1. The van der Waals surface area contributed by atoms with Crippen LogP contribution in [-0.4, -0.2) is 34.5 Å². The third-order valence-electron chi connectivity index (χ3n) is 4.52. The minimum Gasteiger partial charge on any atom is -0.496 e. The summed E-state index contributed by atoms with van der Waals surface area (Å²) in [5, 5.41) is 3.47. The molecule has 5 nitrogen and oxygen atoms in total. The largest absolute Gasteiger partial charge is 0.496 e. The molecule has 0 fully saturated rings. The van der Waals surface area contributed by atoms with Crippen molar-refractivity contribution in [2.24, 2.45) is 0 Å². The number of hydrogen-bond donors (Lipinski definition) is 1. The fraction of sp³-hybridized carbons (Fsp3) is 0.400. The Hall–Kier alpha value is -2.24. The average Bonchev–Trinajstić information content (AvgIpc) is 2.67. The zero-order chi connectivity index (χ0) is 17.6. The van der Waals surface area contributed by atoms with Gasteiger partial charge in [-0.05, 0) is 23.6 Å². The van der Waals surface area contributed by atoms with E-state index in [0.717, 1.165) is 30.9 Å². The van der Waals surface area contributed by atoms with Gasteiger partial charge in [0.2, 0.25) is 0 Å². The zero-order valence-corrected chi connectivity index (χ0v) is 15.0. The number of ether oxygens (including phenoxy) is 4. The van der Waals surface area contributed by atoms with Crippen LogP contribution in [0.4, 0.5) is 0 Å². The van der Waals surface area contributed by atoms with Crippen LogP contribution in [0.25, 0.3) is 0 Å². The van der Waals surface area contributed by atoms with Gasteiger partial charge in [0.05, 0.1) is 34.0 Å². The fourth-order valence-electron chi connectivity index (χ4n) is 3.21. The van der Waals surface area contributed by atoms with E-state index in [1.165, 1.54) is 11.1 Å². The van der Waals surface area contributed by atoms with Gasteiger partial charge in [0.15, 0.2) is 11.5 Å². The van der Waals surface area contributed by atoms with Gasteiger partial charge in [-0.2, -0.15) is 0 Å². The molecule has 0 bridgehead atoms. The molecule has 0 radical (unpaired) electrons. The van der Waals surface area contributed by atoms with Gasteiger partial charge < -0.3 is 24.3 Å². The van der Waals surface area contributed by atoms with Gasteiger partial charge in [0.1, 0.15) is 5.75 Å². The number of rotatable bonds is 7. The molecule has 0 amide bonds. The SMILES string of the molecule is COc1cc(OC)c(OC)cc1CNC[C@@H]1OCCc2ccccc21. The Bertz CT molecular complexity index is 717. The van der Waals surface area contributed by atoms with Crippen LogP contribution in [0.1, 0.15) is 22.8 Å². The zero-order valence-electron chi connectivity index (χ0n) is 15.0. The summed E-state index contributed by atoms with van der Waals surface area (Å²) in [6, 6.07) is 12.3. The maximum absolute atomic E-state index is 5.94. The summed E-state index contributed by atoms with van der Waals surface area (Å²) in [7, 11) is 4.91. The first-order chi connectivity index (χ1) is 12.3. The topological polar surface area (TPSA) is 49.0 Å². The maximum atomic E-state index is 5.94. The molecule has 25 heavy (non-hydrogen) atoms. The summed E-state index contributed by atoms with van der Waals surface area (Å²) in [6.07, 6.45) is 1.06. The van der Waals surface area contributed by atoms with Gasteiger partial charge in [-0.3, -0.25) is 0 Å². The second kappa shape index (κ2) is 8.23. The third-order valence-corrected chi connectivity index (χ3v) is 4.52. The number of methoxy groups -OCH3 is 3. The van der Waals surface area contributed by atoms with Crippen molar-refractivity contribution in [1.82, 2.24) is 5.32 Å². The number of nitrogens with one attached hydrogen (secondary N) is 1. The first kappa shape index (κ1) is 17.6. The first-order valence-electron chi connectivity index (χ1n) is 8.45. The summed E-state index contributed by atoms with van der Waals surface area (Å²) in [6.45, 7) is 2.17. The van der Waals surface area contributed by atoms with Crippen molar-refractivity contribution in [1.29, 1.82) is 0 Å². The maximum Gasteiger partial charge on any atom is 0.164 e. The van der Waals surface area contributed by atoms with Crippen molar-refractivity contribution in [3.63, 3.8) is 0 Å². The summed E-state index contributed by atoms with van der Waals surface area (Å²) in [5.41, 5.74) is 3.68. The predicted octanol–water partition coefficient (Wildman–Crippen LogP) is 3.12. The van der Waals surface area contributed by atoms with Gasteiger partial charge in [-0.1, -0.05) is 24.3 Å². The summed E-state index contributed by atoms with van der Waals surface area (Å²) >= 11 is 0. The second-order valence-electron chi connectivity index (χ2n) is 5.96. The summed E-state index contributed by atoms with van der Waals surface area (Å²) in [4.78, 5) is 0. The monoisotopic (exact) mass is 343 g/mol. The Balaban J connectivity index is 1.68. The van der Waals surface area contributed by atoms with Gasteiger partial charge in [0, 0.05) is 24.7 Å². The minimum atomic E-state index is 0.0797. The van der Waals surface area contributed by atoms with Gasteiger partial charge in [0.25, 0.3) is 0 Å². The van der Waals surface area contributed by atoms with Crippen LogP contribution in [0.5, 0.6) is 17.2 Å². The Kier molecular flexibility index (Phi) is 5.79. The molecule has 5 heteroatoms. The van der Waals surface area contributed by atoms with Crippen LogP contribution in [0.3, 0.4) is 0 Å². The van der Waals surface area contributed by atoms with E-state index in [4.69, 9.17) is 18.9 Å². The summed E-state index contributed by atoms with van der Waals surface area (Å²) in [5.74, 6) is 2.13. The Morgan fingerprint density at radius 1 is 1.00 bits per heavy atom. The molecule has 0 saturated heterocycles. The molecule has 0 unspecified atom stereocenters. The molecule has 3 rings (SSSR count). The quantitative estimate of drug-likeness (QED) is 0.837. The number of hydrogen-bond acceptors (Lipinski definition) is 5. The van der Waals surface area contributed by atoms with Crippen LogP contribution in [0, 0.1) is 0 Å². The molecule has 134 valence electrons. The lowest BCUT2D eigenvalue weighted by molar-refractivity contribution is 0.0423. The van der Waals surface area contributed by atoms with Crippen LogP contribution in [0.15, 0.2) is 36.4 Å². The third kappa shape index (κ3) is 3.89. The smallest absolute Gasteiger partial charge is 0.164 e. The lowest BCUT2D eigenvalue weighted by Gasteiger charge is -2.26. The van der Waals surface area contributed by atoms with Crippen LogP contribution in [-0.2, 0) is 17.7 Å². The van der Waals surface area contributed by atoms with Crippen molar-refractivity contribution in [2.75, 3.05) is 34.5 Å². The van der Waals surface area contributed by atoms with E-state index in [1.54, 1.807) is 21.3 Å². The minimum absolute atomic E-state index is 0.0797. The van der Waals surface area contributed by atoms with E-state index in [2.05, 4.69) is 29.6 Å². The van der Waals surface area contributed by atoms with Crippen molar-refractivity contribution in [3.05, 3.63) is 53.1 Å². The van der Waals surface area contributed by atoms with E-state index in [-0.39, 0.29) is 6.10 Å². The van der Waals surface area contributed by atoms with E-state index in [1.807, 2.05) is 12.1 Å². The lowest BCUT2D eigenvalue weighted by atomic mass is 9.97. The predicted molar refractivity (Wildman–Crippen MR) is 96.6 cm³/mol. The molecule has 0 aromatic heterocycles. The van der Waals surface area contributed by atoms with Crippen molar-refractivity contribution in [3.8, 4) is 17.2 Å². The lowest BCUT2D eigenvalue weighted by Crippen LogP contribution is -2.27. The molecule has 1 N–H and O–H groups in total. The Labute approximate surface area is 148 Å². The first-order valence-corrected chi connectivity index (χ1v) is 8.45. The van der Waals surface area contributed by atoms with Crippen LogP contribution in [0.2, 0.25) is 0 Å².